The fourth-order valence-electron chi connectivity index (χ4n) is 3.17. The van der Waals surface area contributed by atoms with Gasteiger partial charge in [0.05, 0.1) is 6.61 Å². The van der Waals surface area contributed by atoms with E-state index < -0.39 is 0 Å². The van der Waals surface area contributed by atoms with Gasteiger partial charge in [-0.25, -0.2) is 0 Å². The largest absolute Gasteiger partial charge is 0.381 e. The Balaban J connectivity index is 2.58. The molecule has 1 nitrogen and oxygen atoms in total. The zero-order valence-electron chi connectivity index (χ0n) is 12.5. The topological polar surface area (TPSA) is 9.23 Å². The monoisotopic (exact) mass is 244 g/mol. The first kappa shape index (κ1) is 13.4. The lowest BCUT2D eigenvalue weighted by Crippen LogP contribution is -2.09. The van der Waals surface area contributed by atoms with Gasteiger partial charge in [0.15, 0.2) is 0 Å². The fourth-order valence-corrected chi connectivity index (χ4v) is 3.17. The third-order valence-electron chi connectivity index (χ3n) is 4.42. The van der Waals surface area contributed by atoms with Crippen LogP contribution in [0.5, 0.6) is 0 Å². The van der Waals surface area contributed by atoms with E-state index in [-0.39, 0.29) is 0 Å². The van der Waals surface area contributed by atoms with Gasteiger partial charge in [-0.05, 0) is 74.9 Å². The molecule has 0 saturated heterocycles. The minimum absolute atomic E-state index is 0.457. The van der Waals surface area contributed by atoms with Gasteiger partial charge in [0.25, 0.3) is 0 Å². The predicted octanol–water partition coefficient (Wildman–Crippen LogP) is 4.54. The van der Waals surface area contributed by atoms with Gasteiger partial charge in [-0.2, -0.15) is 0 Å². The van der Waals surface area contributed by atoms with Gasteiger partial charge in [0, 0.05) is 12.5 Å². The van der Waals surface area contributed by atoms with Crippen LogP contribution in [0.25, 0.3) is 5.57 Å². The summed E-state index contributed by atoms with van der Waals surface area (Å²) < 4.78 is 5.69. The molecule has 0 radical (unpaired) electrons. The van der Waals surface area contributed by atoms with Crippen molar-refractivity contribution in [3.8, 4) is 0 Å². The Labute approximate surface area is 111 Å². The summed E-state index contributed by atoms with van der Waals surface area (Å²) in [4.78, 5) is 0. The van der Waals surface area contributed by atoms with Gasteiger partial charge >= 0.3 is 0 Å². The van der Waals surface area contributed by atoms with Crippen LogP contribution in [0.2, 0.25) is 0 Å². The van der Waals surface area contributed by atoms with Crippen molar-refractivity contribution in [1.29, 1.82) is 0 Å². The number of aryl methyl sites for hydroxylation is 2. The molecule has 0 aliphatic heterocycles. The van der Waals surface area contributed by atoms with Crippen molar-refractivity contribution in [2.75, 3.05) is 13.2 Å². The zero-order valence-corrected chi connectivity index (χ0v) is 12.5. The fraction of sp³-hybridized carbons (Fsp3) is 0.529. The summed E-state index contributed by atoms with van der Waals surface area (Å²) in [7, 11) is 0. The molecule has 0 fully saturated rings. The molecule has 1 atom stereocenters. The molecule has 2 rings (SSSR count). The van der Waals surface area contributed by atoms with Gasteiger partial charge in [-0.15, -0.1) is 0 Å². The first-order valence-electron chi connectivity index (χ1n) is 6.85. The smallest absolute Gasteiger partial charge is 0.0572 e. The van der Waals surface area contributed by atoms with Gasteiger partial charge in [-0.3, -0.25) is 0 Å². The number of rotatable bonds is 3. The lowest BCUT2D eigenvalue weighted by molar-refractivity contribution is 0.140. The average Bonchev–Trinajstić information content (AvgIpc) is 2.58. The molecule has 98 valence electrons. The summed E-state index contributed by atoms with van der Waals surface area (Å²) in [6.07, 6.45) is 0. The van der Waals surface area contributed by atoms with Crippen LogP contribution in [0.15, 0.2) is 11.6 Å². The van der Waals surface area contributed by atoms with E-state index in [9.17, 15) is 0 Å². The van der Waals surface area contributed by atoms with Crippen LogP contribution in [0.3, 0.4) is 0 Å². The van der Waals surface area contributed by atoms with Crippen LogP contribution in [-0.4, -0.2) is 13.2 Å². The van der Waals surface area contributed by atoms with E-state index in [1.165, 1.54) is 39.0 Å². The summed E-state index contributed by atoms with van der Waals surface area (Å²) in [6, 6.07) is 2.31. The van der Waals surface area contributed by atoms with Crippen molar-refractivity contribution in [3.05, 3.63) is 39.5 Å². The Kier molecular flexibility index (Phi) is 3.63. The van der Waals surface area contributed by atoms with E-state index >= 15 is 0 Å². The summed E-state index contributed by atoms with van der Waals surface area (Å²) in [6.45, 7) is 14.9. The zero-order chi connectivity index (χ0) is 13.4. The number of ether oxygens (including phenoxy) is 1. The molecule has 0 spiro atoms. The van der Waals surface area contributed by atoms with Crippen molar-refractivity contribution in [2.45, 2.75) is 47.5 Å². The van der Waals surface area contributed by atoms with Gasteiger partial charge < -0.3 is 4.74 Å². The Morgan fingerprint density at radius 2 is 1.72 bits per heavy atom. The van der Waals surface area contributed by atoms with E-state index in [1.54, 1.807) is 0 Å². The molecule has 0 heterocycles. The highest BCUT2D eigenvalue weighted by molar-refractivity contribution is 5.80. The molecule has 0 bridgehead atoms. The number of hydrogen-bond donors (Lipinski definition) is 0. The molecule has 1 aliphatic rings. The van der Waals surface area contributed by atoms with Crippen molar-refractivity contribution < 1.29 is 4.74 Å². The lowest BCUT2D eigenvalue weighted by atomic mass is 9.88. The maximum absolute atomic E-state index is 5.69. The van der Waals surface area contributed by atoms with Crippen LogP contribution in [0.4, 0.5) is 0 Å². The van der Waals surface area contributed by atoms with Crippen LogP contribution < -0.4 is 0 Å². The van der Waals surface area contributed by atoms with Crippen LogP contribution >= 0.6 is 0 Å². The Hall–Kier alpha value is -1.08. The first-order chi connectivity index (χ1) is 8.49. The molecular weight excluding hydrogens is 220 g/mol. The Bertz CT molecular complexity index is 509. The van der Waals surface area contributed by atoms with E-state index in [0.29, 0.717) is 5.92 Å². The average molecular weight is 244 g/mol. The van der Waals surface area contributed by atoms with E-state index in [2.05, 4.69) is 47.6 Å². The normalized spacial score (nSPS) is 18.4. The third kappa shape index (κ3) is 1.91. The second-order valence-electron chi connectivity index (χ2n) is 5.44. The van der Waals surface area contributed by atoms with Crippen LogP contribution in [0, 0.1) is 20.8 Å². The summed E-state index contributed by atoms with van der Waals surface area (Å²) in [5.41, 5.74) is 10.2. The van der Waals surface area contributed by atoms with Crippen LogP contribution in [0.1, 0.15) is 54.5 Å². The standard InChI is InChI=1S/C17H24O/c1-7-18-9-15-13(5)14(6)16-11(3)8-10(2)12(4)17(15)16/h8,15H,7,9H2,1-6H3. The minimum Gasteiger partial charge on any atom is -0.381 e. The molecule has 1 aromatic carbocycles. The van der Waals surface area contributed by atoms with E-state index in [4.69, 9.17) is 4.74 Å². The highest BCUT2D eigenvalue weighted by atomic mass is 16.5. The highest BCUT2D eigenvalue weighted by Gasteiger charge is 2.30. The molecule has 0 N–H and O–H groups in total. The minimum atomic E-state index is 0.457. The van der Waals surface area contributed by atoms with Crippen molar-refractivity contribution in [2.24, 2.45) is 0 Å². The second kappa shape index (κ2) is 4.89. The molecular formula is C17H24O. The van der Waals surface area contributed by atoms with Crippen molar-refractivity contribution in [1.82, 2.24) is 0 Å². The first-order valence-corrected chi connectivity index (χ1v) is 6.85. The third-order valence-corrected chi connectivity index (χ3v) is 4.42. The number of fused-ring (bicyclic) bond motifs is 1. The summed E-state index contributed by atoms with van der Waals surface area (Å²) in [5.74, 6) is 0.457. The van der Waals surface area contributed by atoms with Gasteiger partial charge in [-0.1, -0.05) is 11.6 Å². The van der Waals surface area contributed by atoms with Gasteiger partial charge in [0.2, 0.25) is 0 Å². The Morgan fingerprint density at radius 1 is 1.06 bits per heavy atom. The highest BCUT2D eigenvalue weighted by Crippen LogP contribution is 2.45. The van der Waals surface area contributed by atoms with Gasteiger partial charge in [0.1, 0.15) is 0 Å². The Morgan fingerprint density at radius 3 is 2.33 bits per heavy atom. The molecule has 18 heavy (non-hydrogen) atoms. The molecule has 1 aliphatic carbocycles. The molecule has 0 aromatic heterocycles. The summed E-state index contributed by atoms with van der Waals surface area (Å²) >= 11 is 0. The van der Waals surface area contributed by atoms with Crippen molar-refractivity contribution >= 4 is 5.57 Å². The molecule has 1 unspecified atom stereocenters. The maximum atomic E-state index is 5.69. The predicted molar refractivity (Wildman–Crippen MR) is 78.2 cm³/mol. The van der Waals surface area contributed by atoms with Crippen molar-refractivity contribution in [3.63, 3.8) is 0 Å². The SMILES string of the molecule is CCOCC1C(C)=C(C)c2c(C)cc(C)c(C)c21. The number of allylic oxidation sites excluding steroid dienone is 1. The molecule has 0 amide bonds. The molecule has 1 heteroatoms. The van der Waals surface area contributed by atoms with E-state index in [0.717, 1.165) is 13.2 Å². The number of benzene rings is 1. The van der Waals surface area contributed by atoms with E-state index in [1.807, 2.05) is 0 Å². The quantitative estimate of drug-likeness (QED) is 0.758. The maximum Gasteiger partial charge on any atom is 0.0572 e. The summed E-state index contributed by atoms with van der Waals surface area (Å²) in [5, 5.41) is 0. The van der Waals surface area contributed by atoms with Crippen LogP contribution in [-0.2, 0) is 4.74 Å². The second-order valence-corrected chi connectivity index (χ2v) is 5.44. The molecule has 0 saturated carbocycles. The number of hydrogen-bond acceptors (Lipinski definition) is 1. The lowest BCUT2D eigenvalue weighted by Gasteiger charge is -2.19. The molecule has 1 aromatic rings.